The van der Waals surface area contributed by atoms with Gasteiger partial charge in [-0.3, -0.25) is 10.3 Å². The third-order valence-electron chi connectivity index (χ3n) is 6.98. The van der Waals surface area contributed by atoms with E-state index in [0.717, 1.165) is 0 Å². The van der Waals surface area contributed by atoms with Crippen LogP contribution in [0.5, 0.6) is 0 Å². The molecule has 3 heterocycles. The van der Waals surface area contributed by atoms with Gasteiger partial charge in [0.05, 0.1) is 12.7 Å². The Balaban J connectivity index is 1.82. The van der Waals surface area contributed by atoms with E-state index in [2.05, 4.69) is 54.2 Å². The van der Waals surface area contributed by atoms with Gasteiger partial charge >= 0.3 is 12.1 Å². The molecule has 3 aliphatic rings. The zero-order valence-corrected chi connectivity index (χ0v) is 26.1. The number of fused-ring (bicyclic) bond motifs is 1. The van der Waals surface area contributed by atoms with Gasteiger partial charge in [0.2, 0.25) is 0 Å². The highest BCUT2D eigenvalue weighted by atomic mass is 28.4. The highest BCUT2D eigenvalue weighted by molar-refractivity contribution is 6.74. The van der Waals surface area contributed by atoms with Crippen molar-refractivity contribution in [1.29, 1.82) is 0 Å². The van der Waals surface area contributed by atoms with Gasteiger partial charge in [-0.2, -0.15) is 0 Å². The van der Waals surface area contributed by atoms with Crippen LogP contribution in [0.25, 0.3) is 0 Å². The van der Waals surface area contributed by atoms with Crippen LogP contribution in [0.4, 0.5) is 4.79 Å². The number of rotatable bonds is 6. The van der Waals surface area contributed by atoms with Crippen LogP contribution < -0.4 is 5.32 Å². The second-order valence-corrected chi connectivity index (χ2v) is 18.5. The van der Waals surface area contributed by atoms with Crippen LogP contribution >= 0.6 is 0 Å². The van der Waals surface area contributed by atoms with Gasteiger partial charge in [0.15, 0.2) is 14.2 Å². The summed E-state index contributed by atoms with van der Waals surface area (Å²) in [4.78, 5) is 41.3. The first-order chi connectivity index (χ1) is 17.7. The van der Waals surface area contributed by atoms with Crippen LogP contribution in [0.15, 0.2) is 15.0 Å². The summed E-state index contributed by atoms with van der Waals surface area (Å²) < 4.78 is 23.6. The van der Waals surface area contributed by atoms with Crippen LogP contribution in [0, 0.1) is 0 Å². The number of esters is 1. The maximum Gasteiger partial charge on any atom is 0.410 e. The van der Waals surface area contributed by atoms with Gasteiger partial charge in [-0.1, -0.05) is 20.8 Å². The fourth-order valence-electron chi connectivity index (χ4n) is 3.95. The van der Waals surface area contributed by atoms with E-state index in [1.54, 1.807) is 46.4 Å². The Labute approximate surface area is 232 Å². The van der Waals surface area contributed by atoms with Gasteiger partial charge in [0, 0.05) is 6.42 Å². The molecule has 4 atom stereocenters. The molecule has 0 saturated carbocycles. The van der Waals surface area contributed by atoms with Crippen molar-refractivity contribution in [3.63, 3.8) is 0 Å². The van der Waals surface area contributed by atoms with Gasteiger partial charge in [0.25, 0.3) is 5.66 Å². The van der Waals surface area contributed by atoms with Crippen molar-refractivity contribution in [3.05, 3.63) is 0 Å². The molecule has 0 radical (unpaired) electrons. The molecular formula is C26H45N5O7Si. The van der Waals surface area contributed by atoms with Crippen molar-refractivity contribution in [2.24, 2.45) is 15.0 Å². The number of nitrogens with one attached hydrogen (secondary N) is 1. The Morgan fingerprint density at radius 2 is 1.74 bits per heavy atom. The Morgan fingerprint density at radius 1 is 1.13 bits per heavy atom. The molecule has 39 heavy (non-hydrogen) atoms. The summed E-state index contributed by atoms with van der Waals surface area (Å²) in [6, 6.07) is 0. The molecule has 3 aliphatic heterocycles. The van der Waals surface area contributed by atoms with E-state index in [1.165, 1.54) is 6.34 Å². The number of carbonyl (C=O) groups excluding carboxylic acids is 2. The minimum atomic E-state index is -2.04. The van der Waals surface area contributed by atoms with E-state index in [-0.39, 0.29) is 24.0 Å². The first-order valence-corrected chi connectivity index (χ1v) is 16.2. The number of amides is 1. The summed E-state index contributed by atoms with van der Waals surface area (Å²) in [6.45, 7) is 21.4. The van der Waals surface area contributed by atoms with E-state index >= 15 is 0 Å². The summed E-state index contributed by atoms with van der Waals surface area (Å²) in [6.07, 6.45) is -1.22. The number of hydrogen-bond donors (Lipinski definition) is 2. The molecule has 220 valence electrons. The molecule has 13 heteroatoms. The number of aliphatic hydroxyl groups excluding tert-OH is 1. The summed E-state index contributed by atoms with van der Waals surface area (Å²) in [5.41, 5.74) is -3.56. The standard InChI is InChI=1S/C26H45N5O7Si/c1-23(2,3)37-21(33)26(30-22(34)38-24(4,5)6)19-20(27-14-29-26)31(15-28-19)18-12-16(32)17(36-18)13-35-39(10,11)25(7,8)9/h14,16-18,32H,12-13,15H2,1-11H3,(H,30,34)/t16-,17+,18+,26?/m0/s1. The van der Waals surface area contributed by atoms with E-state index < -0.39 is 55.7 Å². The lowest BCUT2D eigenvalue weighted by atomic mass is 10.0. The predicted octanol–water partition coefficient (Wildman–Crippen LogP) is 3.20. The molecular weight excluding hydrogens is 522 g/mol. The lowest BCUT2D eigenvalue weighted by molar-refractivity contribution is -0.159. The van der Waals surface area contributed by atoms with Crippen LogP contribution in [0.2, 0.25) is 18.1 Å². The molecule has 0 aromatic heterocycles. The van der Waals surface area contributed by atoms with E-state index in [1.807, 2.05) is 0 Å². The highest BCUT2D eigenvalue weighted by Gasteiger charge is 2.55. The second kappa shape index (κ2) is 10.6. The average Bonchev–Trinajstić information content (AvgIpc) is 3.32. The Morgan fingerprint density at radius 3 is 2.31 bits per heavy atom. The molecule has 0 spiro atoms. The number of nitrogens with zero attached hydrogens (tertiary/aromatic N) is 4. The monoisotopic (exact) mass is 567 g/mol. The molecule has 1 saturated heterocycles. The summed E-state index contributed by atoms with van der Waals surface area (Å²) in [5.74, 6) is -0.520. The van der Waals surface area contributed by atoms with Crippen molar-refractivity contribution in [3.8, 4) is 0 Å². The van der Waals surface area contributed by atoms with Gasteiger partial charge in [0.1, 0.15) is 42.3 Å². The largest absolute Gasteiger partial charge is 0.456 e. The third-order valence-corrected chi connectivity index (χ3v) is 11.5. The lowest BCUT2D eigenvalue weighted by Gasteiger charge is -2.37. The van der Waals surface area contributed by atoms with Crippen molar-refractivity contribution in [1.82, 2.24) is 10.2 Å². The van der Waals surface area contributed by atoms with Crippen LogP contribution in [0.1, 0.15) is 68.7 Å². The molecule has 0 aromatic rings. The molecule has 0 aromatic carbocycles. The van der Waals surface area contributed by atoms with Crippen molar-refractivity contribution in [2.45, 2.75) is 122 Å². The fourth-order valence-corrected chi connectivity index (χ4v) is 4.96. The fraction of sp³-hybridized carbons (Fsp3) is 0.808. The molecule has 3 rings (SSSR count). The summed E-state index contributed by atoms with van der Waals surface area (Å²) >= 11 is 0. The van der Waals surface area contributed by atoms with Gasteiger partial charge in [-0.25, -0.2) is 19.6 Å². The molecule has 0 aliphatic carbocycles. The zero-order chi connectivity index (χ0) is 29.6. The number of aliphatic imine (C=N–C) groups is 3. The predicted molar refractivity (Wildman–Crippen MR) is 150 cm³/mol. The number of alkyl carbamates (subject to hydrolysis) is 1. The molecule has 2 N–H and O–H groups in total. The number of carbonyl (C=O) groups is 2. The normalized spacial score (nSPS) is 27.6. The van der Waals surface area contributed by atoms with E-state index in [0.29, 0.717) is 12.3 Å². The number of amidine groups is 1. The molecule has 0 bridgehead atoms. The van der Waals surface area contributed by atoms with Crippen molar-refractivity contribution >= 4 is 38.3 Å². The zero-order valence-electron chi connectivity index (χ0n) is 25.1. The van der Waals surface area contributed by atoms with Crippen LogP contribution in [-0.4, -0.2) is 96.8 Å². The first kappa shape index (κ1) is 31.2. The van der Waals surface area contributed by atoms with E-state index in [4.69, 9.17) is 18.6 Å². The minimum absolute atomic E-state index is 0.0238. The summed E-state index contributed by atoms with van der Waals surface area (Å²) in [7, 11) is -2.04. The number of hydrogen-bond acceptors (Lipinski definition) is 11. The Hall–Kier alpha value is -2.35. The minimum Gasteiger partial charge on any atom is -0.456 e. The van der Waals surface area contributed by atoms with Crippen LogP contribution in [-0.2, 0) is 23.4 Å². The molecule has 1 amide bonds. The molecule has 1 unspecified atom stereocenters. The highest BCUT2D eigenvalue weighted by Crippen LogP contribution is 2.37. The lowest BCUT2D eigenvalue weighted by Crippen LogP contribution is -2.64. The smallest absolute Gasteiger partial charge is 0.410 e. The quantitative estimate of drug-likeness (QED) is 0.368. The second-order valence-electron chi connectivity index (χ2n) is 13.7. The molecule has 12 nitrogen and oxygen atoms in total. The van der Waals surface area contributed by atoms with Gasteiger partial charge in [-0.05, 0) is 59.7 Å². The average molecular weight is 568 g/mol. The maximum absolute atomic E-state index is 13.5. The van der Waals surface area contributed by atoms with Gasteiger partial charge in [-0.15, -0.1) is 0 Å². The van der Waals surface area contributed by atoms with Crippen LogP contribution in [0.3, 0.4) is 0 Å². The van der Waals surface area contributed by atoms with Gasteiger partial charge < -0.3 is 28.6 Å². The maximum atomic E-state index is 13.5. The summed E-state index contributed by atoms with van der Waals surface area (Å²) in [5, 5.41) is 13.4. The first-order valence-electron chi connectivity index (χ1n) is 13.3. The topological polar surface area (TPSA) is 144 Å². The Kier molecular flexibility index (Phi) is 8.44. The molecule has 1 fully saturated rings. The Bertz CT molecular complexity index is 1050. The van der Waals surface area contributed by atoms with Crippen molar-refractivity contribution < 1.29 is 33.3 Å². The number of aliphatic hydroxyl groups is 1. The number of ether oxygens (including phenoxy) is 3. The SMILES string of the molecule is CC(C)(C)OC(=O)NC1(C(=O)OC(C)(C)C)N=CN=C2C1=NCN2[C@H]1C[C@H](O)[C@@H](CO[Si](C)(C)C(C)(C)C)O1. The van der Waals surface area contributed by atoms with E-state index in [9.17, 15) is 14.7 Å². The van der Waals surface area contributed by atoms with Crippen molar-refractivity contribution in [2.75, 3.05) is 13.3 Å². The third kappa shape index (κ3) is 7.05.